The zero-order chi connectivity index (χ0) is 13.9. The summed E-state index contributed by atoms with van der Waals surface area (Å²) in [5.41, 5.74) is 0.396. The Morgan fingerprint density at radius 3 is 2.90 bits per heavy atom. The average molecular weight is 293 g/mol. The van der Waals surface area contributed by atoms with Crippen molar-refractivity contribution in [3.05, 3.63) is 17.4 Å². The number of thiazole rings is 1. The van der Waals surface area contributed by atoms with Crippen molar-refractivity contribution < 1.29 is 9.90 Å². The Morgan fingerprint density at radius 1 is 1.40 bits per heavy atom. The molecule has 106 valence electrons. The van der Waals surface area contributed by atoms with Gasteiger partial charge in [-0.05, 0) is 25.7 Å². The van der Waals surface area contributed by atoms with Crippen LogP contribution in [0.1, 0.15) is 36.2 Å². The predicted molar refractivity (Wildman–Crippen MR) is 73.2 cm³/mol. The van der Waals surface area contributed by atoms with Crippen LogP contribution in [-0.2, 0) is 0 Å². The van der Waals surface area contributed by atoms with Crippen LogP contribution in [0.15, 0.2) is 11.7 Å². The van der Waals surface area contributed by atoms with Gasteiger partial charge in [0.2, 0.25) is 0 Å². The number of aliphatic hydroxyl groups excluding tert-OH is 1. The Kier molecular flexibility index (Phi) is 3.75. The number of hydrogen-bond donors (Lipinski definition) is 3. The first-order valence-electron chi connectivity index (χ1n) is 6.52. The molecule has 0 unspecified atom stereocenters. The molecule has 0 atom stereocenters. The van der Waals surface area contributed by atoms with Gasteiger partial charge < -0.3 is 10.4 Å². The van der Waals surface area contributed by atoms with Gasteiger partial charge in [0.25, 0.3) is 5.91 Å². The highest BCUT2D eigenvalue weighted by atomic mass is 32.1. The Hall–Kier alpha value is -1.80. The average Bonchev–Trinajstić information content (AvgIpc) is 3.11. The van der Waals surface area contributed by atoms with Gasteiger partial charge in [0.1, 0.15) is 12.0 Å². The standard InChI is InChI=1S/C12H15N5O2S/c18-8-3-1-7(2-4-8)15-11(19)9-5-20-12(16-9)10-13-6-14-17-10/h5-8,18H,1-4H2,(H,15,19)(H,13,14,17). The minimum atomic E-state index is -0.222. The lowest BCUT2D eigenvalue weighted by Gasteiger charge is -2.25. The van der Waals surface area contributed by atoms with Crippen LogP contribution < -0.4 is 5.32 Å². The third-order valence-electron chi connectivity index (χ3n) is 3.39. The lowest BCUT2D eigenvalue weighted by atomic mass is 9.93. The smallest absolute Gasteiger partial charge is 0.270 e. The van der Waals surface area contributed by atoms with E-state index in [0.717, 1.165) is 25.7 Å². The van der Waals surface area contributed by atoms with Crippen molar-refractivity contribution in [3.63, 3.8) is 0 Å². The molecule has 0 saturated heterocycles. The second-order valence-electron chi connectivity index (χ2n) is 4.85. The summed E-state index contributed by atoms with van der Waals surface area (Å²) in [7, 11) is 0. The first-order valence-corrected chi connectivity index (χ1v) is 7.40. The number of amides is 1. The number of hydrogen-bond acceptors (Lipinski definition) is 6. The molecule has 0 aliphatic heterocycles. The molecule has 3 N–H and O–H groups in total. The number of rotatable bonds is 3. The van der Waals surface area contributed by atoms with E-state index in [4.69, 9.17) is 0 Å². The zero-order valence-electron chi connectivity index (χ0n) is 10.7. The van der Waals surface area contributed by atoms with E-state index >= 15 is 0 Å². The van der Waals surface area contributed by atoms with E-state index in [1.807, 2.05) is 0 Å². The molecule has 3 rings (SSSR count). The second kappa shape index (κ2) is 5.68. The molecule has 1 amide bonds. The number of nitrogens with zero attached hydrogens (tertiary/aromatic N) is 3. The summed E-state index contributed by atoms with van der Waals surface area (Å²) >= 11 is 1.35. The van der Waals surface area contributed by atoms with Crippen molar-refractivity contribution in [3.8, 4) is 10.8 Å². The van der Waals surface area contributed by atoms with Gasteiger partial charge >= 0.3 is 0 Å². The maximum atomic E-state index is 12.1. The molecule has 0 bridgehead atoms. The molecule has 1 fully saturated rings. The number of carbonyl (C=O) groups is 1. The molecular formula is C12H15N5O2S. The van der Waals surface area contributed by atoms with E-state index in [1.165, 1.54) is 17.7 Å². The van der Waals surface area contributed by atoms with Gasteiger partial charge in [0.15, 0.2) is 10.8 Å². The predicted octanol–water partition coefficient (Wildman–Crippen LogP) is 0.961. The van der Waals surface area contributed by atoms with Gasteiger partial charge in [0.05, 0.1) is 6.10 Å². The number of aromatic nitrogens is 4. The molecule has 2 aromatic rings. The van der Waals surface area contributed by atoms with Crippen molar-refractivity contribution in [2.75, 3.05) is 0 Å². The molecule has 0 radical (unpaired) electrons. The van der Waals surface area contributed by atoms with Crippen LogP contribution in [0, 0.1) is 0 Å². The highest BCUT2D eigenvalue weighted by Gasteiger charge is 2.22. The molecule has 1 aliphatic rings. The van der Waals surface area contributed by atoms with Crippen LogP contribution in [0.3, 0.4) is 0 Å². The quantitative estimate of drug-likeness (QED) is 0.782. The molecule has 20 heavy (non-hydrogen) atoms. The summed E-state index contributed by atoms with van der Waals surface area (Å²) in [6.45, 7) is 0. The van der Waals surface area contributed by atoms with Gasteiger partial charge in [0, 0.05) is 11.4 Å². The highest BCUT2D eigenvalue weighted by Crippen LogP contribution is 2.21. The van der Waals surface area contributed by atoms with E-state index < -0.39 is 0 Å². The van der Waals surface area contributed by atoms with Gasteiger partial charge in [-0.15, -0.1) is 11.3 Å². The summed E-state index contributed by atoms with van der Waals surface area (Å²) in [6, 6.07) is 0.126. The van der Waals surface area contributed by atoms with Crippen molar-refractivity contribution >= 4 is 17.2 Å². The number of H-pyrrole nitrogens is 1. The van der Waals surface area contributed by atoms with E-state index in [1.54, 1.807) is 5.38 Å². The summed E-state index contributed by atoms with van der Waals surface area (Å²) in [6.07, 6.45) is 4.29. The highest BCUT2D eigenvalue weighted by molar-refractivity contribution is 7.13. The summed E-state index contributed by atoms with van der Waals surface area (Å²) in [4.78, 5) is 20.4. The summed E-state index contributed by atoms with van der Waals surface area (Å²) in [5.74, 6) is 0.392. The van der Waals surface area contributed by atoms with Gasteiger partial charge in [-0.1, -0.05) is 0 Å². The molecule has 1 aliphatic carbocycles. The molecule has 0 aromatic carbocycles. The monoisotopic (exact) mass is 293 g/mol. The number of aromatic amines is 1. The van der Waals surface area contributed by atoms with Crippen molar-refractivity contribution in [1.82, 2.24) is 25.5 Å². The van der Waals surface area contributed by atoms with Crippen LogP contribution in [0.4, 0.5) is 0 Å². The Labute approximate surface area is 119 Å². The minimum Gasteiger partial charge on any atom is -0.393 e. The van der Waals surface area contributed by atoms with Crippen LogP contribution in [0.5, 0.6) is 0 Å². The van der Waals surface area contributed by atoms with E-state index in [-0.39, 0.29) is 18.1 Å². The van der Waals surface area contributed by atoms with Gasteiger partial charge in [-0.25, -0.2) is 9.97 Å². The van der Waals surface area contributed by atoms with Gasteiger partial charge in [-0.2, -0.15) is 5.10 Å². The SMILES string of the molecule is O=C(NC1CCC(O)CC1)c1csc(-c2ncn[nH]2)n1. The maximum Gasteiger partial charge on any atom is 0.270 e. The third kappa shape index (κ3) is 2.86. The first-order chi connectivity index (χ1) is 9.72. The van der Waals surface area contributed by atoms with Crippen molar-refractivity contribution in [1.29, 1.82) is 0 Å². The van der Waals surface area contributed by atoms with Gasteiger partial charge in [-0.3, -0.25) is 9.89 Å². The molecule has 2 aromatic heterocycles. The topological polar surface area (TPSA) is 104 Å². The number of nitrogens with one attached hydrogen (secondary N) is 2. The fraction of sp³-hybridized carbons (Fsp3) is 0.500. The van der Waals surface area contributed by atoms with Crippen LogP contribution in [0.25, 0.3) is 10.8 Å². The molecular weight excluding hydrogens is 278 g/mol. The minimum absolute atomic E-state index is 0.126. The van der Waals surface area contributed by atoms with Crippen LogP contribution >= 0.6 is 11.3 Å². The molecule has 0 spiro atoms. The molecule has 2 heterocycles. The molecule has 1 saturated carbocycles. The second-order valence-corrected chi connectivity index (χ2v) is 5.71. The van der Waals surface area contributed by atoms with E-state index in [0.29, 0.717) is 16.5 Å². The number of carbonyl (C=O) groups excluding carboxylic acids is 1. The Morgan fingerprint density at radius 2 is 2.20 bits per heavy atom. The Bertz CT molecular complexity index is 574. The summed E-state index contributed by atoms with van der Waals surface area (Å²) in [5, 5.41) is 21.2. The molecule has 7 nitrogen and oxygen atoms in total. The van der Waals surface area contributed by atoms with Crippen molar-refractivity contribution in [2.24, 2.45) is 0 Å². The van der Waals surface area contributed by atoms with Crippen molar-refractivity contribution in [2.45, 2.75) is 37.8 Å². The fourth-order valence-electron chi connectivity index (χ4n) is 2.27. The maximum absolute atomic E-state index is 12.1. The van der Waals surface area contributed by atoms with Crippen LogP contribution in [0.2, 0.25) is 0 Å². The number of aliphatic hydroxyl groups is 1. The lowest BCUT2D eigenvalue weighted by molar-refractivity contribution is 0.0864. The Balaban J connectivity index is 1.63. The van der Waals surface area contributed by atoms with E-state index in [2.05, 4.69) is 25.5 Å². The molecule has 8 heteroatoms. The first kappa shape index (κ1) is 13.2. The van der Waals surface area contributed by atoms with E-state index in [9.17, 15) is 9.90 Å². The zero-order valence-corrected chi connectivity index (χ0v) is 11.6. The third-order valence-corrected chi connectivity index (χ3v) is 4.24. The fourth-order valence-corrected chi connectivity index (χ4v) is 3.02. The van der Waals surface area contributed by atoms with Crippen LogP contribution in [-0.4, -0.2) is 43.3 Å². The summed E-state index contributed by atoms with van der Waals surface area (Å²) < 4.78 is 0. The largest absolute Gasteiger partial charge is 0.393 e. The lowest BCUT2D eigenvalue weighted by Crippen LogP contribution is -2.38. The normalized spacial score (nSPS) is 22.6.